The Morgan fingerprint density at radius 2 is 1.88 bits per heavy atom. The van der Waals surface area contributed by atoms with E-state index in [1.165, 1.54) is 42.5 Å². The van der Waals surface area contributed by atoms with Crippen LogP contribution in [0.25, 0.3) is 0 Å². The average molecular weight is 493 g/mol. The van der Waals surface area contributed by atoms with Gasteiger partial charge in [0.05, 0.1) is 23.6 Å². The molecule has 8 nitrogen and oxygen atoms in total. The van der Waals surface area contributed by atoms with Gasteiger partial charge in [0.15, 0.2) is 6.61 Å². The Morgan fingerprint density at radius 1 is 1.15 bits per heavy atom. The van der Waals surface area contributed by atoms with Crippen LogP contribution in [0.2, 0.25) is 10.0 Å². The molecule has 0 aromatic heterocycles. The van der Waals surface area contributed by atoms with Gasteiger partial charge in [-0.1, -0.05) is 23.2 Å². The van der Waals surface area contributed by atoms with Crippen molar-refractivity contribution in [2.24, 2.45) is 0 Å². The highest BCUT2D eigenvalue weighted by Crippen LogP contribution is 2.21. The molecule has 0 radical (unpaired) electrons. The van der Waals surface area contributed by atoms with E-state index in [0.717, 1.165) is 0 Å². The quantitative estimate of drug-likeness (QED) is 0.446. The smallest absolute Gasteiger partial charge is 0.338 e. The molecule has 2 aromatic rings. The van der Waals surface area contributed by atoms with Crippen LogP contribution < -0.4 is 5.32 Å². The maximum absolute atomic E-state index is 12.3. The van der Waals surface area contributed by atoms with Crippen LogP contribution in [-0.2, 0) is 19.1 Å². The lowest BCUT2D eigenvalue weighted by Crippen LogP contribution is -2.48. The Balaban J connectivity index is 1.51. The number of amides is 2. The summed E-state index contributed by atoms with van der Waals surface area (Å²) in [5.74, 6) is -1.75. The van der Waals surface area contributed by atoms with E-state index in [9.17, 15) is 19.2 Å². The number of hydrogen-bond acceptors (Lipinski definition) is 6. The molecule has 3 rings (SSSR count). The lowest BCUT2D eigenvalue weighted by atomic mass is 10.1. The number of anilines is 1. The maximum Gasteiger partial charge on any atom is 0.338 e. The van der Waals surface area contributed by atoms with Crippen LogP contribution in [0.3, 0.4) is 0 Å². The van der Waals surface area contributed by atoms with Gasteiger partial charge in [-0.25, -0.2) is 4.79 Å². The van der Waals surface area contributed by atoms with Crippen LogP contribution in [0.1, 0.15) is 34.1 Å². The van der Waals surface area contributed by atoms with Crippen LogP contribution in [0.4, 0.5) is 5.69 Å². The van der Waals surface area contributed by atoms with Crippen molar-refractivity contribution in [3.05, 3.63) is 63.6 Å². The summed E-state index contributed by atoms with van der Waals surface area (Å²) in [5.41, 5.74) is 0.845. The summed E-state index contributed by atoms with van der Waals surface area (Å²) in [6.07, 6.45) is -0.909. The molecule has 0 bridgehead atoms. The van der Waals surface area contributed by atoms with E-state index in [1.54, 1.807) is 4.90 Å². The number of nitrogens with zero attached hydrogens (tertiary/aromatic N) is 1. The molecule has 2 amide bonds. The van der Waals surface area contributed by atoms with Gasteiger partial charge in [0.2, 0.25) is 11.7 Å². The van der Waals surface area contributed by atoms with Gasteiger partial charge in [0.25, 0.3) is 5.91 Å². The van der Waals surface area contributed by atoms with Crippen LogP contribution >= 0.6 is 23.2 Å². The molecule has 1 saturated heterocycles. The molecule has 1 unspecified atom stereocenters. The van der Waals surface area contributed by atoms with Crippen LogP contribution in [0, 0.1) is 0 Å². The predicted molar refractivity (Wildman–Crippen MR) is 123 cm³/mol. The number of carbonyl (C=O) groups excluding carboxylic acids is 4. The number of morpholine rings is 1. The summed E-state index contributed by atoms with van der Waals surface area (Å²) in [7, 11) is 0. The molecular formula is C23H22Cl2N2O6. The van der Waals surface area contributed by atoms with Crippen molar-refractivity contribution in [1.29, 1.82) is 0 Å². The Morgan fingerprint density at radius 3 is 2.55 bits per heavy atom. The maximum atomic E-state index is 12.3. The number of likely N-dealkylation sites (N-methyl/N-ethyl adjacent to an activating group) is 1. The highest BCUT2D eigenvalue weighted by Gasteiger charge is 2.30. The molecule has 1 N–H and O–H groups in total. The summed E-state index contributed by atoms with van der Waals surface area (Å²) in [6, 6.07) is 10.4. The molecule has 1 fully saturated rings. The molecular weight excluding hydrogens is 471 g/mol. The van der Waals surface area contributed by atoms with Crippen LogP contribution in [0.15, 0.2) is 42.5 Å². The minimum absolute atomic E-state index is 0.103. The summed E-state index contributed by atoms with van der Waals surface area (Å²) >= 11 is 11.8. The van der Waals surface area contributed by atoms with Crippen molar-refractivity contribution in [2.45, 2.75) is 19.4 Å². The number of ketones is 1. The van der Waals surface area contributed by atoms with E-state index in [0.29, 0.717) is 30.4 Å². The molecule has 1 aliphatic rings. The number of Topliss-reactive ketones (excluding diaryl/α,β-unsaturated/α-hetero) is 1. The van der Waals surface area contributed by atoms with E-state index < -0.39 is 24.5 Å². The molecule has 10 heteroatoms. The lowest BCUT2D eigenvalue weighted by molar-refractivity contribution is -0.154. The third kappa shape index (κ3) is 6.54. The monoisotopic (exact) mass is 492 g/mol. The Labute approximate surface area is 200 Å². The normalized spacial score (nSPS) is 15.8. The Bertz CT molecular complexity index is 1060. The predicted octanol–water partition coefficient (Wildman–Crippen LogP) is 3.61. The van der Waals surface area contributed by atoms with Crippen LogP contribution in [-0.4, -0.2) is 60.9 Å². The first-order valence-electron chi connectivity index (χ1n) is 10.2. The van der Waals surface area contributed by atoms with Gasteiger partial charge in [-0.05, 0) is 49.4 Å². The third-order valence-electron chi connectivity index (χ3n) is 4.99. The highest BCUT2D eigenvalue weighted by atomic mass is 35.5. The number of benzene rings is 2. The molecule has 1 aliphatic heterocycles. The zero-order valence-corrected chi connectivity index (χ0v) is 19.3. The van der Waals surface area contributed by atoms with Crippen molar-refractivity contribution in [3.63, 3.8) is 0 Å². The molecule has 0 spiro atoms. The average Bonchev–Trinajstić information content (AvgIpc) is 2.79. The molecule has 0 aliphatic carbocycles. The second kappa shape index (κ2) is 11.3. The van der Waals surface area contributed by atoms with Gasteiger partial charge in [0, 0.05) is 29.4 Å². The van der Waals surface area contributed by atoms with E-state index in [4.69, 9.17) is 32.7 Å². The van der Waals surface area contributed by atoms with Crippen molar-refractivity contribution in [3.8, 4) is 0 Å². The molecule has 0 saturated carbocycles. The lowest BCUT2D eigenvalue weighted by Gasteiger charge is -2.31. The number of ether oxygens (including phenoxy) is 2. The number of halogens is 2. The van der Waals surface area contributed by atoms with E-state index in [2.05, 4.69) is 5.32 Å². The molecule has 1 atom stereocenters. The second-order valence-corrected chi connectivity index (χ2v) is 8.07. The van der Waals surface area contributed by atoms with Gasteiger partial charge in [-0.3, -0.25) is 14.4 Å². The first kappa shape index (κ1) is 24.7. The van der Waals surface area contributed by atoms with Crippen LogP contribution in [0.5, 0.6) is 0 Å². The topological polar surface area (TPSA) is 102 Å². The fraction of sp³-hybridized carbons (Fsp3) is 0.304. The van der Waals surface area contributed by atoms with Crippen molar-refractivity contribution in [2.75, 3.05) is 31.6 Å². The zero-order valence-electron chi connectivity index (χ0n) is 17.8. The minimum atomic E-state index is -0.806. The molecule has 1 heterocycles. The fourth-order valence-corrected chi connectivity index (χ4v) is 3.74. The molecule has 174 valence electrons. The van der Waals surface area contributed by atoms with E-state index in [1.807, 2.05) is 6.92 Å². The summed E-state index contributed by atoms with van der Waals surface area (Å²) < 4.78 is 10.5. The summed E-state index contributed by atoms with van der Waals surface area (Å²) in [4.78, 5) is 50.6. The number of rotatable bonds is 8. The van der Waals surface area contributed by atoms with E-state index in [-0.39, 0.29) is 34.4 Å². The number of hydrogen-bond donors (Lipinski definition) is 1. The number of nitrogens with one attached hydrogen (secondary N) is 1. The standard InChI is InChI=1S/C23H22Cl2N2O6/c1-2-27-9-10-32-20(22(27)30)12-21(29)26-16-6-3-14(4-7-16)23(31)33-13-19(28)17-8-5-15(24)11-18(17)25/h3-8,11,20H,2,9-10,12-13H2,1H3,(H,26,29). The van der Waals surface area contributed by atoms with Crippen molar-refractivity contribution < 1.29 is 28.7 Å². The van der Waals surface area contributed by atoms with Gasteiger partial charge in [0.1, 0.15) is 6.10 Å². The highest BCUT2D eigenvalue weighted by molar-refractivity contribution is 6.36. The van der Waals surface area contributed by atoms with E-state index >= 15 is 0 Å². The minimum Gasteiger partial charge on any atom is -0.454 e. The second-order valence-electron chi connectivity index (χ2n) is 7.23. The summed E-state index contributed by atoms with van der Waals surface area (Å²) in [6.45, 7) is 2.86. The number of carbonyl (C=O) groups is 4. The molecule has 33 heavy (non-hydrogen) atoms. The largest absolute Gasteiger partial charge is 0.454 e. The van der Waals surface area contributed by atoms with Gasteiger partial charge >= 0.3 is 5.97 Å². The van der Waals surface area contributed by atoms with Gasteiger partial charge in [-0.2, -0.15) is 0 Å². The Hall–Kier alpha value is -2.94. The van der Waals surface area contributed by atoms with Crippen molar-refractivity contribution >= 4 is 52.5 Å². The SMILES string of the molecule is CCN1CCOC(CC(=O)Nc2ccc(C(=O)OCC(=O)c3ccc(Cl)cc3Cl)cc2)C1=O. The third-order valence-corrected chi connectivity index (χ3v) is 5.54. The number of esters is 1. The first-order chi connectivity index (χ1) is 15.8. The zero-order chi connectivity index (χ0) is 24.0. The summed E-state index contributed by atoms with van der Waals surface area (Å²) in [5, 5.41) is 3.23. The Kier molecular flexibility index (Phi) is 8.43. The van der Waals surface area contributed by atoms with Gasteiger partial charge in [-0.15, -0.1) is 0 Å². The first-order valence-corrected chi connectivity index (χ1v) is 11.0. The van der Waals surface area contributed by atoms with Crippen molar-refractivity contribution in [1.82, 2.24) is 4.90 Å². The fourth-order valence-electron chi connectivity index (χ4n) is 3.23. The molecule has 2 aromatic carbocycles. The van der Waals surface area contributed by atoms with Gasteiger partial charge < -0.3 is 19.7 Å².